The van der Waals surface area contributed by atoms with E-state index >= 15 is 0 Å². The number of carbonyl (C=O) groups excluding carboxylic acids is 1. The lowest BCUT2D eigenvalue weighted by Gasteiger charge is -2.33. The molecule has 1 aliphatic heterocycles. The second kappa shape index (κ2) is 21.0. The highest BCUT2D eigenvalue weighted by Gasteiger charge is 2.21. The number of hydrogen-bond donors (Lipinski definition) is 4. The Morgan fingerprint density at radius 3 is 1.66 bits per heavy atom. The quantitative estimate of drug-likeness (QED) is 0.171. The van der Waals surface area contributed by atoms with Gasteiger partial charge in [-0.05, 0) is 24.3 Å². The van der Waals surface area contributed by atoms with Gasteiger partial charge in [-0.3, -0.25) is 48.7 Å². The lowest BCUT2D eigenvalue weighted by atomic mass is 10.2. The maximum Gasteiger partial charge on any atom is 0.317 e. The molecule has 3 heterocycles. The number of nitrogens with one attached hydrogen (secondary N) is 1. The number of carboxylic acid groups (broad SMARTS) is 3. The Hall–Kier alpha value is -4.02. The summed E-state index contributed by atoms with van der Waals surface area (Å²) < 4.78 is 0. The third-order valence-corrected chi connectivity index (χ3v) is 7.93. The lowest BCUT2D eigenvalue weighted by molar-refractivity contribution is -0.140. The number of carbonyl (C=O) groups is 4. The zero-order chi connectivity index (χ0) is 33.9. The zero-order valence-corrected chi connectivity index (χ0v) is 27.0. The lowest BCUT2D eigenvalue weighted by Crippen LogP contribution is -2.49. The van der Waals surface area contributed by atoms with E-state index in [1.54, 1.807) is 22.2 Å². The van der Waals surface area contributed by atoms with Crippen molar-refractivity contribution in [3.05, 3.63) is 60.2 Å². The fraction of sp³-hybridized carbons (Fsp3) is 0.562. The molecule has 0 aromatic carbocycles. The molecule has 0 radical (unpaired) electrons. The van der Waals surface area contributed by atoms with Crippen LogP contribution in [0.25, 0.3) is 0 Å². The first-order valence-electron chi connectivity index (χ1n) is 16.0. The summed E-state index contributed by atoms with van der Waals surface area (Å²) in [5.74, 6) is -3.04. The molecule has 3 rings (SSSR count). The molecule has 0 saturated carbocycles. The van der Waals surface area contributed by atoms with E-state index in [4.69, 9.17) is 0 Å². The van der Waals surface area contributed by atoms with Gasteiger partial charge in [0, 0.05) is 110 Å². The van der Waals surface area contributed by atoms with Crippen LogP contribution in [0.4, 0.5) is 0 Å². The molecule has 2 aromatic heterocycles. The van der Waals surface area contributed by atoms with E-state index in [9.17, 15) is 34.5 Å². The van der Waals surface area contributed by atoms with Crippen molar-refractivity contribution in [1.29, 1.82) is 0 Å². The first-order chi connectivity index (χ1) is 22.7. The van der Waals surface area contributed by atoms with Crippen LogP contribution in [0.5, 0.6) is 0 Å². The fourth-order valence-electron chi connectivity index (χ4n) is 5.33. The van der Waals surface area contributed by atoms with Gasteiger partial charge in [0.15, 0.2) is 0 Å². The Labute approximate surface area is 275 Å². The van der Waals surface area contributed by atoms with Crippen molar-refractivity contribution >= 4 is 23.8 Å². The fourth-order valence-corrected chi connectivity index (χ4v) is 5.33. The second-order valence-electron chi connectivity index (χ2n) is 11.6. The zero-order valence-electron chi connectivity index (χ0n) is 27.0. The highest BCUT2D eigenvalue weighted by Crippen LogP contribution is 2.05. The van der Waals surface area contributed by atoms with Crippen molar-refractivity contribution in [3.8, 4) is 0 Å². The third kappa shape index (κ3) is 16.4. The number of amides is 1. The van der Waals surface area contributed by atoms with Crippen LogP contribution < -0.4 is 5.32 Å². The average Bonchev–Trinajstić information content (AvgIpc) is 3.03. The molecule has 2 aromatic rings. The van der Waals surface area contributed by atoms with Crippen molar-refractivity contribution in [2.45, 2.75) is 19.4 Å². The minimum absolute atomic E-state index is 0.0544. The highest BCUT2D eigenvalue weighted by molar-refractivity contribution is 5.78. The molecule has 1 saturated heterocycles. The van der Waals surface area contributed by atoms with E-state index in [0.717, 1.165) is 24.4 Å². The van der Waals surface area contributed by atoms with Crippen molar-refractivity contribution in [1.82, 2.24) is 39.8 Å². The molecule has 258 valence electrons. The summed E-state index contributed by atoms with van der Waals surface area (Å²) in [7, 11) is 0. The van der Waals surface area contributed by atoms with E-state index in [-0.39, 0.29) is 32.0 Å². The normalized spacial score (nSPS) is 16.3. The van der Waals surface area contributed by atoms with E-state index in [1.807, 2.05) is 46.2 Å². The topological polar surface area (TPSA) is 183 Å². The number of hydrogen-bond acceptors (Lipinski definition) is 11. The standard InChI is InChI=1S/C32H48N8O7/c41-29(35-11-14-37(23-28-6-2-4-10-34-28)12-7-27-5-1-3-9-33-27)24-38-17-15-36(13-8-30(42)43)16-18-39(25-31(44)45)21-22-40(20-19-38)26-32(46)47/h1-6,9-10H,7-8,11-26H2,(H,35,41)(H,42,43)(H,44,45)(H,46,47). The van der Waals surface area contributed by atoms with Crippen LogP contribution in [0.2, 0.25) is 0 Å². The van der Waals surface area contributed by atoms with E-state index in [2.05, 4.69) is 20.2 Å². The van der Waals surface area contributed by atoms with Crippen molar-refractivity contribution < 1.29 is 34.5 Å². The van der Waals surface area contributed by atoms with E-state index in [1.165, 1.54) is 0 Å². The molecule has 15 heteroatoms. The Kier molecular flexibility index (Phi) is 16.7. The number of pyridine rings is 2. The third-order valence-electron chi connectivity index (χ3n) is 7.93. The predicted molar refractivity (Wildman–Crippen MR) is 174 cm³/mol. The molecule has 0 aliphatic carbocycles. The molecule has 15 nitrogen and oxygen atoms in total. The Bertz CT molecular complexity index is 1240. The maximum atomic E-state index is 13.2. The van der Waals surface area contributed by atoms with Gasteiger partial charge in [0.2, 0.25) is 5.91 Å². The van der Waals surface area contributed by atoms with Crippen molar-refractivity contribution in [2.24, 2.45) is 0 Å². The average molecular weight is 657 g/mol. The van der Waals surface area contributed by atoms with Gasteiger partial charge in [-0.25, -0.2) is 0 Å². The van der Waals surface area contributed by atoms with Gasteiger partial charge in [-0.2, -0.15) is 0 Å². The summed E-state index contributed by atoms with van der Waals surface area (Å²) in [5.41, 5.74) is 1.92. The van der Waals surface area contributed by atoms with Crippen LogP contribution in [-0.4, -0.2) is 172 Å². The minimum atomic E-state index is -0.982. The Morgan fingerprint density at radius 2 is 1.17 bits per heavy atom. The summed E-state index contributed by atoms with van der Waals surface area (Å²) >= 11 is 0. The van der Waals surface area contributed by atoms with Gasteiger partial charge < -0.3 is 25.5 Å². The molecule has 0 bridgehead atoms. The smallest absolute Gasteiger partial charge is 0.317 e. The molecule has 1 fully saturated rings. The molecule has 47 heavy (non-hydrogen) atoms. The van der Waals surface area contributed by atoms with Gasteiger partial charge in [0.25, 0.3) is 0 Å². The molecule has 1 amide bonds. The van der Waals surface area contributed by atoms with E-state index in [0.29, 0.717) is 78.5 Å². The summed E-state index contributed by atoms with van der Waals surface area (Å²) in [6.07, 6.45) is 4.24. The number of aliphatic carboxylic acids is 3. The van der Waals surface area contributed by atoms with Crippen molar-refractivity contribution in [3.63, 3.8) is 0 Å². The Morgan fingerprint density at radius 1 is 0.660 bits per heavy atom. The van der Waals surface area contributed by atoms with Crippen molar-refractivity contribution in [2.75, 3.05) is 98.2 Å². The highest BCUT2D eigenvalue weighted by atomic mass is 16.4. The molecule has 4 N–H and O–H groups in total. The number of rotatable bonds is 17. The number of carboxylic acids is 3. The van der Waals surface area contributed by atoms with Gasteiger partial charge >= 0.3 is 17.9 Å². The summed E-state index contributed by atoms with van der Waals surface area (Å²) in [5, 5.41) is 31.1. The summed E-state index contributed by atoms with van der Waals surface area (Å²) in [6, 6.07) is 11.6. The number of aromatic nitrogens is 2. The summed E-state index contributed by atoms with van der Waals surface area (Å²) in [6.45, 7) is 5.69. The maximum absolute atomic E-state index is 13.2. The van der Waals surface area contributed by atoms with E-state index < -0.39 is 17.9 Å². The molecular formula is C32H48N8O7. The monoisotopic (exact) mass is 656 g/mol. The SMILES string of the molecule is O=C(O)CCN1CCN(CC(=O)O)CCN(CC(=O)O)CCN(CC(=O)NCCN(CCc2ccccn2)Cc2ccccn2)CC1. The van der Waals surface area contributed by atoms with Crippen LogP contribution in [0, 0.1) is 0 Å². The van der Waals surface area contributed by atoms with Crippen LogP contribution in [0.3, 0.4) is 0 Å². The Balaban J connectivity index is 1.60. The molecule has 0 atom stereocenters. The van der Waals surface area contributed by atoms with Gasteiger partial charge in [0.05, 0.1) is 31.7 Å². The minimum Gasteiger partial charge on any atom is -0.481 e. The molecule has 1 aliphatic rings. The first-order valence-corrected chi connectivity index (χ1v) is 16.0. The van der Waals surface area contributed by atoms with Crippen LogP contribution in [0.1, 0.15) is 17.8 Å². The molecule has 0 unspecified atom stereocenters. The van der Waals surface area contributed by atoms with Gasteiger partial charge in [-0.1, -0.05) is 12.1 Å². The van der Waals surface area contributed by atoms with Gasteiger partial charge in [-0.15, -0.1) is 0 Å². The van der Waals surface area contributed by atoms with Crippen LogP contribution >= 0.6 is 0 Å². The van der Waals surface area contributed by atoms with Gasteiger partial charge in [0.1, 0.15) is 0 Å². The summed E-state index contributed by atoms with van der Waals surface area (Å²) in [4.78, 5) is 66.0. The molecular weight excluding hydrogens is 608 g/mol. The largest absolute Gasteiger partial charge is 0.481 e. The molecule has 0 spiro atoms. The van der Waals surface area contributed by atoms with Crippen LogP contribution in [-0.2, 0) is 32.1 Å². The second-order valence-corrected chi connectivity index (χ2v) is 11.6. The number of nitrogens with zero attached hydrogens (tertiary/aromatic N) is 7. The first kappa shape index (κ1) is 37.4. The predicted octanol–water partition coefficient (Wildman–Crippen LogP) is -0.497. The van der Waals surface area contributed by atoms with Crippen LogP contribution in [0.15, 0.2) is 48.8 Å².